The van der Waals surface area contributed by atoms with Crippen LogP contribution in [0.15, 0.2) is 58.4 Å². The first-order valence-electron chi connectivity index (χ1n) is 14.8. The highest BCUT2D eigenvalue weighted by molar-refractivity contribution is 7.99. The molecule has 0 bridgehead atoms. The maximum absolute atomic E-state index is 13.9. The van der Waals surface area contributed by atoms with Gasteiger partial charge in [0.1, 0.15) is 5.69 Å². The van der Waals surface area contributed by atoms with E-state index in [2.05, 4.69) is 4.98 Å². The van der Waals surface area contributed by atoms with E-state index in [-0.39, 0.29) is 12.2 Å². The molecule has 238 valence electrons. The average molecular weight is 643 g/mol. The molecule has 3 aromatic heterocycles. The molecule has 0 radical (unpaired) electrons. The van der Waals surface area contributed by atoms with E-state index in [4.69, 9.17) is 33.8 Å². The largest absolute Gasteiger partial charge is 0.493 e. The van der Waals surface area contributed by atoms with Crippen LogP contribution < -0.4 is 29.2 Å². The van der Waals surface area contributed by atoms with Crippen LogP contribution in [0.1, 0.15) is 25.1 Å². The number of aromatic nitrogens is 4. The molecule has 0 saturated carbocycles. The van der Waals surface area contributed by atoms with Crippen molar-refractivity contribution in [3.8, 4) is 57.1 Å². The lowest BCUT2D eigenvalue weighted by Gasteiger charge is -2.17. The van der Waals surface area contributed by atoms with Crippen LogP contribution in [0, 0.1) is 0 Å². The van der Waals surface area contributed by atoms with Crippen molar-refractivity contribution >= 4 is 22.5 Å². The number of aliphatic hydroxyl groups is 1. The Morgan fingerprint density at radius 2 is 1.59 bits per heavy atom. The molecule has 0 saturated heterocycles. The van der Waals surface area contributed by atoms with Crippen molar-refractivity contribution in [1.82, 2.24) is 19.7 Å². The summed E-state index contributed by atoms with van der Waals surface area (Å²) in [4.78, 5) is 24.0. The summed E-state index contributed by atoms with van der Waals surface area (Å²) in [6.45, 7) is 4.51. The first-order chi connectivity index (χ1) is 22.4. The van der Waals surface area contributed by atoms with E-state index < -0.39 is 0 Å². The summed E-state index contributed by atoms with van der Waals surface area (Å²) in [5.41, 5.74) is 3.54. The van der Waals surface area contributed by atoms with Crippen LogP contribution in [0.2, 0.25) is 0 Å². The number of ether oxygens (including phenoxy) is 5. The predicted molar refractivity (Wildman–Crippen MR) is 176 cm³/mol. The average Bonchev–Trinajstić information content (AvgIpc) is 3.58. The fourth-order valence-corrected chi connectivity index (χ4v) is 6.76. The molecule has 1 N–H and O–H groups in total. The Morgan fingerprint density at radius 1 is 0.870 bits per heavy atom. The number of pyridine rings is 2. The lowest BCUT2D eigenvalue weighted by atomic mass is 10.0. The SMILES string of the molecule is CCOc1cc2cc(CO)nc(-c3ccnc(-n4nc(-c5cc(OC)c(OC)c(OC)c5)c5c(c4=O)CCS5)c3)c2cc1OCC. The smallest absolute Gasteiger partial charge is 0.277 e. The predicted octanol–water partition coefficient (Wildman–Crippen LogP) is 5.47. The molecule has 0 fully saturated rings. The molecule has 0 amide bonds. The molecule has 46 heavy (non-hydrogen) atoms. The Bertz CT molecular complexity index is 1970. The molecule has 5 aromatic rings. The first-order valence-corrected chi connectivity index (χ1v) is 15.8. The van der Waals surface area contributed by atoms with Crippen molar-refractivity contribution in [2.24, 2.45) is 0 Å². The lowest BCUT2D eigenvalue weighted by molar-refractivity contribution is 0.277. The van der Waals surface area contributed by atoms with E-state index in [1.807, 2.05) is 50.2 Å². The van der Waals surface area contributed by atoms with Crippen LogP contribution >= 0.6 is 11.8 Å². The highest BCUT2D eigenvalue weighted by atomic mass is 32.2. The van der Waals surface area contributed by atoms with Gasteiger partial charge in [-0.15, -0.1) is 11.8 Å². The van der Waals surface area contributed by atoms with Crippen LogP contribution in [0.3, 0.4) is 0 Å². The van der Waals surface area contributed by atoms with Gasteiger partial charge >= 0.3 is 0 Å². The second-order valence-corrected chi connectivity index (χ2v) is 11.4. The molecule has 6 rings (SSSR count). The molecule has 12 heteroatoms. The van der Waals surface area contributed by atoms with Crippen LogP contribution in [0.5, 0.6) is 28.7 Å². The molecule has 4 heterocycles. The third kappa shape index (κ3) is 5.58. The number of hydrogen-bond acceptors (Lipinski definition) is 11. The van der Waals surface area contributed by atoms with Crippen molar-refractivity contribution in [1.29, 1.82) is 0 Å². The fraction of sp³-hybridized carbons (Fsp3) is 0.294. The minimum absolute atomic E-state index is 0.234. The molecule has 2 aromatic carbocycles. The Kier molecular flexibility index (Phi) is 9.00. The summed E-state index contributed by atoms with van der Waals surface area (Å²) in [6, 6.07) is 12.9. The van der Waals surface area contributed by atoms with Gasteiger partial charge in [0.05, 0.1) is 52.5 Å². The van der Waals surface area contributed by atoms with Gasteiger partial charge in [0.15, 0.2) is 28.8 Å². The number of thioether (sulfide) groups is 1. The van der Waals surface area contributed by atoms with Gasteiger partial charge in [-0.05, 0) is 68.1 Å². The molecule has 1 aliphatic rings. The molecule has 0 atom stereocenters. The summed E-state index contributed by atoms with van der Waals surface area (Å²) < 4.78 is 29.8. The Hall–Kier alpha value is -4.81. The first kappa shape index (κ1) is 31.2. The molecule has 0 spiro atoms. The van der Waals surface area contributed by atoms with Crippen LogP contribution in [0.25, 0.3) is 39.1 Å². The van der Waals surface area contributed by atoms with Crippen molar-refractivity contribution in [2.45, 2.75) is 31.8 Å². The zero-order valence-electron chi connectivity index (χ0n) is 26.2. The Labute approximate surface area is 270 Å². The van der Waals surface area contributed by atoms with Crippen LogP contribution in [0.4, 0.5) is 0 Å². The molecule has 1 aliphatic heterocycles. The summed E-state index contributed by atoms with van der Waals surface area (Å²) >= 11 is 1.59. The van der Waals surface area contributed by atoms with Crippen molar-refractivity contribution in [3.05, 3.63) is 70.3 Å². The number of fused-ring (bicyclic) bond motifs is 2. The Balaban J connectivity index is 1.54. The summed E-state index contributed by atoms with van der Waals surface area (Å²) in [5, 5.41) is 16.6. The number of nitrogens with zero attached hydrogens (tertiary/aromatic N) is 4. The second kappa shape index (κ2) is 13.3. The van der Waals surface area contributed by atoms with Gasteiger partial charge in [0.2, 0.25) is 5.75 Å². The maximum atomic E-state index is 13.9. The van der Waals surface area contributed by atoms with Gasteiger partial charge in [-0.2, -0.15) is 9.78 Å². The van der Waals surface area contributed by atoms with Crippen molar-refractivity contribution in [2.75, 3.05) is 40.3 Å². The maximum Gasteiger partial charge on any atom is 0.277 e. The van der Waals surface area contributed by atoms with E-state index in [9.17, 15) is 9.90 Å². The number of methoxy groups -OCH3 is 3. The number of rotatable bonds is 11. The van der Waals surface area contributed by atoms with E-state index in [1.54, 1.807) is 45.4 Å². The van der Waals surface area contributed by atoms with Gasteiger partial charge in [-0.1, -0.05) is 0 Å². The van der Waals surface area contributed by atoms with E-state index in [1.165, 1.54) is 4.68 Å². The van der Waals surface area contributed by atoms with Gasteiger partial charge in [0.25, 0.3) is 5.56 Å². The molecule has 11 nitrogen and oxygen atoms in total. The standard InChI is InChI=1S/C34H34N4O7S/c1-6-44-25-13-20-12-22(18-39)36-30(24(20)17-26(25)45-7-2)19-8-10-35-29(16-19)38-34(40)23-9-11-46-33(23)31(37-38)21-14-27(41-3)32(43-5)28(15-21)42-4/h8,10,12-17,39H,6-7,9,11,18H2,1-5H3. The van der Waals surface area contributed by atoms with E-state index in [0.717, 1.165) is 21.4 Å². The third-order valence-corrected chi connectivity index (χ3v) is 8.76. The Morgan fingerprint density at radius 3 is 2.24 bits per heavy atom. The van der Waals surface area contributed by atoms with Crippen LogP contribution in [-0.4, -0.2) is 65.2 Å². The third-order valence-electron chi connectivity index (χ3n) is 7.62. The quantitative estimate of drug-likeness (QED) is 0.197. The molecule has 0 aliphatic carbocycles. The van der Waals surface area contributed by atoms with Crippen molar-refractivity contribution in [3.63, 3.8) is 0 Å². The minimum Gasteiger partial charge on any atom is -0.493 e. The van der Waals surface area contributed by atoms with Crippen molar-refractivity contribution < 1.29 is 28.8 Å². The lowest BCUT2D eigenvalue weighted by Crippen LogP contribution is -2.26. The highest BCUT2D eigenvalue weighted by Crippen LogP contribution is 2.44. The molecule has 0 unspecified atom stereocenters. The van der Waals surface area contributed by atoms with Crippen LogP contribution in [-0.2, 0) is 13.0 Å². The molecular formula is C34H34N4O7S. The van der Waals surface area contributed by atoms with E-state index >= 15 is 0 Å². The van der Waals surface area contributed by atoms with Gasteiger partial charge in [-0.25, -0.2) is 9.97 Å². The highest BCUT2D eigenvalue weighted by Gasteiger charge is 2.26. The zero-order chi connectivity index (χ0) is 32.4. The summed E-state index contributed by atoms with van der Waals surface area (Å²) in [6.07, 6.45) is 2.22. The monoisotopic (exact) mass is 642 g/mol. The van der Waals surface area contributed by atoms with Gasteiger partial charge < -0.3 is 28.8 Å². The number of aliphatic hydroxyl groups excluding tert-OH is 1. The second-order valence-electron chi connectivity index (χ2n) is 10.3. The van der Waals surface area contributed by atoms with E-state index in [0.29, 0.717) is 88.0 Å². The topological polar surface area (TPSA) is 127 Å². The zero-order valence-corrected chi connectivity index (χ0v) is 27.1. The van der Waals surface area contributed by atoms with Gasteiger partial charge in [-0.3, -0.25) is 4.79 Å². The normalized spacial score (nSPS) is 12.2. The fourth-order valence-electron chi connectivity index (χ4n) is 5.59. The summed E-state index contributed by atoms with van der Waals surface area (Å²) in [7, 11) is 4.67. The number of benzene rings is 2. The summed E-state index contributed by atoms with van der Waals surface area (Å²) in [5.74, 6) is 3.72. The van der Waals surface area contributed by atoms with Gasteiger partial charge in [0, 0.05) is 38.9 Å². The molecular weight excluding hydrogens is 608 g/mol. The minimum atomic E-state index is -0.250. The number of hydrogen-bond donors (Lipinski definition) is 1.